The van der Waals surface area contributed by atoms with E-state index in [0.717, 1.165) is 11.3 Å². The second kappa shape index (κ2) is 10.8. The molecule has 2 heterocycles. The van der Waals surface area contributed by atoms with Gasteiger partial charge in [-0.05, 0) is 42.7 Å². The lowest BCUT2D eigenvalue weighted by molar-refractivity contribution is -0.121. The number of amides is 2. The molecule has 31 heavy (non-hydrogen) atoms. The summed E-state index contributed by atoms with van der Waals surface area (Å²) >= 11 is 1.37. The van der Waals surface area contributed by atoms with Crippen LogP contribution in [0.4, 0.5) is 10.8 Å². The monoisotopic (exact) mass is 440 g/mol. The Bertz CT molecular complexity index is 998. The first-order chi connectivity index (χ1) is 14.9. The lowest BCUT2D eigenvalue weighted by Gasteiger charge is -2.20. The third kappa shape index (κ3) is 6.96. The molecule has 0 spiro atoms. The minimum absolute atomic E-state index is 0.0778. The highest BCUT2D eigenvalue weighted by Gasteiger charge is 2.21. The molecular weight excluding hydrogens is 412 g/mol. The van der Waals surface area contributed by atoms with E-state index in [1.165, 1.54) is 11.3 Å². The van der Waals surface area contributed by atoms with E-state index >= 15 is 0 Å². The highest BCUT2D eigenvalue weighted by molar-refractivity contribution is 7.14. The standard InChI is InChI=1S/C23H28N4O3S/c1-16(2)13-24-21(28)9-10-27(14-19-8-5-11-30-19)22(29)20-15-31-23(26-20)25-18-7-4-6-17(3)12-18/h4-8,11-12,15-16H,9-10,13-14H2,1-3H3,(H,24,28)(H,25,26). The highest BCUT2D eigenvalue weighted by Crippen LogP contribution is 2.23. The number of furan rings is 1. The van der Waals surface area contributed by atoms with Crippen molar-refractivity contribution < 1.29 is 14.0 Å². The van der Waals surface area contributed by atoms with Crippen LogP contribution in [-0.4, -0.2) is 34.8 Å². The van der Waals surface area contributed by atoms with Crippen molar-refractivity contribution in [3.05, 3.63) is 65.1 Å². The zero-order valence-electron chi connectivity index (χ0n) is 18.1. The molecule has 0 unspecified atom stereocenters. The molecule has 0 fully saturated rings. The molecule has 0 atom stereocenters. The normalized spacial score (nSPS) is 10.8. The number of carbonyl (C=O) groups is 2. The Hall–Kier alpha value is -3.13. The van der Waals surface area contributed by atoms with Crippen LogP contribution < -0.4 is 10.6 Å². The third-order valence-corrected chi connectivity index (χ3v) is 5.28. The quantitative estimate of drug-likeness (QED) is 0.481. The van der Waals surface area contributed by atoms with Crippen molar-refractivity contribution in [2.75, 3.05) is 18.4 Å². The van der Waals surface area contributed by atoms with Crippen LogP contribution in [0.15, 0.2) is 52.5 Å². The third-order valence-electron chi connectivity index (χ3n) is 4.52. The van der Waals surface area contributed by atoms with E-state index in [1.54, 1.807) is 22.6 Å². The summed E-state index contributed by atoms with van der Waals surface area (Å²) in [6, 6.07) is 11.5. The van der Waals surface area contributed by atoms with Gasteiger partial charge in [-0.1, -0.05) is 26.0 Å². The van der Waals surface area contributed by atoms with Crippen LogP contribution in [0.1, 0.15) is 42.1 Å². The first kappa shape index (κ1) is 22.6. The van der Waals surface area contributed by atoms with Crippen molar-refractivity contribution in [1.82, 2.24) is 15.2 Å². The SMILES string of the molecule is Cc1cccc(Nc2nc(C(=O)N(CCC(=O)NCC(C)C)Cc3ccco3)cs2)c1. The molecule has 2 amide bonds. The molecule has 164 valence electrons. The van der Waals surface area contributed by atoms with Crippen LogP contribution in [-0.2, 0) is 11.3 Å². The second-order valence-corrected chi connectivity index (χ2v) is 8.64. The average molecular weight is 441 g/mol. The Morgan fingerprint density at radius 1 is 1.23 bits per heavy atom. The number of nitrogens with one attached hydrogen (secondary N) is 2. The van der Waals surface area contributed by atoms with Gasteiger partial charge in [-0.15, -0.1) is 11.3 Å². The maximum atomic E-state index is 13.1. The van der Waals surface area contributed by atoms with Crippen LogP contribution in [0.2, 0.25) is 0 Å². The van der Waals surface area contributed by atoms with E-state index in [4.69, 9.17) is 4.42 Å². The van der Waals surface area contributed by atoms with Gasteiger partial charge in [0.25, 0.3) is 5.91 Å². The summed E-state index contributed by atoms with van der Waals surface area (Å²) < 4.78 is 5.41. The van der Waals surface area contributed by atoms with Crippen LogP contribution in [0.5, 0.6) is 0 Å². The molecule has 1 aromatic carbocycles. The van der Waals surface area contributed by atoms with Gasteiger partial charge in [0.05, 0.1) is 12.8 Å². The summed E-state index contributed by atoms with van der Waals surface area (Å²) in [5, 5.41) is 8.49. The number of rotatable bonds is 10. The van der Waals surface area contributed by atoms with E-state index < -0.39 is 0 Å². The Morgan fingerprint density at radius 3 is 2.77 bits per heavy atom. The molecule has 8 heteroatoms. The molecule has 0 radical (unpaired) electrons. The topological polar surface area (TPSA) is 87.5 Å². The Labute approximate surface area is 186 Å². The molecule has 0 aliphatic rings. The van der Waals surface area contributed by atoms with Crippen molar-refractivity contribution in [2.45, 2.75) is 33.7 Å². The summed E-state index contributed by atoms with van der Waals surface area (Å²) in [6.45, 7) is 7.27. The zero-order chi connectivity index (χ0) is 22.2. The number of aromatic nitrogens is 1. The molecule has 2 aromatic heterocycles. The van der Waals surface area contributed by atoms with E-state index in [1.807, 2.05) is 51.1 Å². The van der Waals surface area contributed by atoms with Gasteiger partial charge in [-0.2, -0.15) is 0 Å². The molecule has 2 N–H and O–H groups in total. The van der Waals surface area contributed by atoms with Gasteiger partial charge in [-0.25, -0.2) is 4.98 Å². The zero-order valence-corrected chi connectivity index (χ0v) is 18.9. The summed E-state index contributed by atoms with van der Waals surface area (Å²) in [4.78, 5) is 31.3. The predicted molar refractivity (Wildman–Crippen MR) is 122 cm³/mol. The molecular formula is C23H28N4O3S. The van der Waals surface area contributed by atoms with E-state index in [9.17, 15) is 9.59 Å². The summed E-state index contributed by atoms with van der Waals surface area (Å²) in [6.07, 6.45) is 1.79. The molecule has 0 saturated heterocycles. The van der Waals surface area contributed by atoms with Gasteiger partial charge in [-0.3, -0.25) is 9.59 Å². The minimum atomic E-state index is -0.235. The van der Waals surface area contributed by atoms with Gasteiger partial charge < -0.3 is 20.0 Å². The Kier molecular flexibility index (Phi) is 7.83. The van der Waals surface area contributed by atoms with Crippen molar-refractivity contribution in [2.24, 2.45) is 5.92 Å². The minimum Gasteiger partial charge on any atom is -0.467 e. The number of thiazole rings is 1. The number of nitrogens with zero attached hydrogens (tertiary/aromatic N) is 2. The van der Waals surface area contributed by atoms with E-state index in [0.29, 0.717) is 29.0 Å². The van der Waals surface area contributed by atoms with Crippen molar-refractivity contribution >= 4 is 34.0 Å². The van der Waals surface area contributed by atoms with Gasteiger partial charge >= 0.3 is 0 Å². The first-order valence-corrected chi connectivity index (χ1v) is 11.2. The number of anilines is 2. The lowest BCUT2D eigenvalue weighted by Crippen LogP contribution is -2.35. The molecule has 0 bridgehead atoms. The molecule has 3 rings (SSSR count). The molecule has 0 aliphatic heterocycles. The average Bonchev–Trinajstić information content (AvgIpc) is 3.41. The van der Waals surface area contributed by atoms with E-state index in [2.05, 4.69) is 15.6 Å². The first-order valence-electron chi connectivity index (χ1n) is 10.3. The molecule has 7 nitrogen and oxygen atoms in total. The van der Waals surface area contributed by atoms with E-state index in [-0.39, 0.29) is 31.3 Å². The number of aryl methyl sites for hydroxylation is 1. The van der Waals surface area contributed by atoms with Gasteiger partial charge in [0.15, 0.2) is 5.13 Å². The molecule has 0 saturated carbocycles. The van der Waals surface area contributed by atoms with Crippen LogP contribution in [0, 0.1) is 12.8 Å². The lowest BCUT2D eigenvalue weighted by atomic mass is 10.2. The fourth-order valence-electron chi connectivity index (χ4n) is 2.92. The molecule has 0 aliphatic carbocycles. The summed E-state index contributed by atoms with van der Waals surface area (Å²) in [5.74, 6) is 0.719. The fraction of sp³-hybridized carbons (Fsp3) is 0.348. The number of benzene rings is 1. The number of hydrogen-bond donors (Lipinski definition) is 2. The molecule has 3 aromatic rings. The summed E-state index contributed by atoms with van der Waals surface area (Å²) in [5.41, 5.74) is 2.40. The van der Waals surface area contributed by atoms with Crippen LogP contribution in [0.3, 0.4) is 0 Å². The van der Waals surface area contributed by atoms with Crippen molar-refractivity contribution in [3.63, 3.8) is 0 Å². The fourth-order valence-corrected chi connectivity index (χ4v) is 3.63. The van der Waals surface area contributed by atoms with Gasteiger partial charge in [0, 0.05) is 30.6 Å². The van der Waals surface area contributed by atoms with Crippen molar-refractivity contribution in [1.29, 1.82) is 0 Å². The maximum absolute atomic E-state index is 13.1. The van der Waals surface area contributed by atoms with Crippen molar-refractivity contribution in [3.8, 4) is 0 Å². The number of hydrogen-bond acceptors (Lipinski definition) is 6. The second-order valence-electron chi connectivity index (χ2n) is 7.79. The Balaban J connectivity index is 1.67. The summed E-state index contributed by atoms with van der Waals surface area (Å²) in [7, 11) is 0. The predicted octanol–water partition coefficient (Wildman–Crippen LogP) is 4.59. The van der Waals surface area contributed by atoms with Gasteiger partial charge in [0.1, 0.15) is 11.5 Å². The maximum Gasteiger partial charge on any atom is 0.273 e. The highest BCUT2D eigenvalue weighted by atomic mass is 32.1. The van der Waals surface area contributed by atoms with Crippen LogP contribution >= 0.6 is 11.3 Å². The van der Waals surface area contributed by atoms with Crippen LogP contribution in [0.25, 0.3) is 0 Å². The number of carbonyl (C=O) groups excluding carboxylic acids is 2. The smallest absolute Gasteiger partial charge is 0.273 e. The largest absolute Gasteiger partial charge is 0.467 e. The van der Waals surface area contributed by atoms with Gasteiger partial charge in [0.2, 0.25) is 5.91 Å². The Morgan fingerprint density at radius 2 is 2.06 bits per heavy atom.